The summed E-state index contributed by atoms with van der Waals surface area (Å²) in [4.78, 5) is 0.917. The quantitative estimate of drug-likeness (QED) is 0.511. The van der Waals surface area contributed by atoms with Crippen LogP contribution in [0.3, 0.4) is 0 Å². The molecule has 4 heteroatoms. The monoisotopic (exact) mass is 270 g/mol. The van der Waals surface area contributed by atoms with Crippen molar-refractivity contribution < 1.29 is 13.7 Å². The van der Waals surface area contributed by atoms with E-state index in [0.29, 0.717) is 25.1 Å². The van der Waals surface area contributed by atoms with E-state index in [1.165, 1.54) is 0 Å². The fourth-order valence-electron chi connectivity index (χ4n) is 1.69. The van der Waals surface area contributed by atoms with Gasteiger partial charge in [-0.2, -0.15) is 0 Å². The minimum Gasteiger partial charge on any atom is -0.359 e. The van der Waals surface area contributed by atoms with Crippen LogP contribution in [0.2, 0.25) is 0 Å². The molecule has 102 valence electrons. The van der Waals surface area contributed by atoms with Gasteiger partial charge < -0.3 is 9.47 Å². The Morgan fingerprint density at radius 3 is 2.67 bits per heavy atom. The average Bonchev–Trinajstić information content (AvgIpc) is 2.39. The molecular weight excluding hydrogens is 248 g/mol. The van der Waals surface area contributed by atoms with E-state index in [4.69, 9.17) is 9.47 Å². The maximum absolute atomic E-state index is 12.1. The van der Waals surface area contributed by atoms with Gasteiger partial charge in [0.25, 0.3) is 0 Å². The zero-order chi connectivity index (χ0) is 13.2. The largest absolute Gasteiger partial charge is 0.359 e. The first-order valence-corrected chi connectivity index (χ1v) is 7.56. The summed E-state index contributed by atoms with van der Waals surface area (Å²) in [5.74, 6) is 1.16. The second-order valence-electron chi connectivity index (χ2n) is 4.39. The minimum atomic E-state index is -0.888. The van der Waals surface area contributed by atoms with Crippen LogP contribution in [-0.2, 0) is 20.3 Å². The predicted octanol–water partition coefficient (Wildman–Crippen LogP) is 2.83. The highest BCUT2D eigenvalue weighted by Crippen LogP contribution is 2.13. The van der Waals surface area contributed by atoms with Crippen LogP contribution in [0.15, 0.2) is 35.2 Å². The second-order valence-corrected chi connectivity index (χ2v) is 5.88. The molecule has 1 unspecified atom stereocenters. The van der Waals surface area contributed by atoms with Crippen LogP contribution >= 0.6 is 0 Å². The smallest absolute Gasteiger partial charge is 0.146 e. The number of hydrogen-bond acceptors (Lipinski definition) is 3. The van der Waals surface area contributed by atoms with Crippen molar-refractivity contribution in [3.63, 3.8) is 0 Å². The zero-order valence-corrected chi connectivity index (χ0v) is 11.9. The Morgan fingerprint density at radius 2 is 2.00 bits per heavy atom. The fourth-order valence-corrected chi connectivity index (χ4v) is 3.02. The predicted molar refractivity (Wildman–Crippen MR) is 73.9 cm³/mol. The summed E-state index contributed by atoms with van der Waals surface area (Å²) >= 11 is 0. The molecule has 1 aromatic rings. The van der Waals surface area contributed by atoms with Gasteiger partial charge in [0.2, 0.25) is 0 Å². The van der Waals surface area contributed by atoms with Gasteiger partial charge in [-0.1, -0.05) is 25.1 Å². The highest BCUT2D eigenvalue weighted by Gasteiger charge is 2.09. The molecule has 0 saturated carbocycles. The Balaban J connectivity index is 2.20. The molecule has 1 aromatic carbocycles. The molecule has 0 amide bonds. The van der Waals surface area contributed by atoms with E-state index >= 15 is 0 Å². The van der Waals surface area contributed by atoms with Crippen molar-refractivity contribution in [2.75, 3.05) is 26.3 Å². The van der Waals surface area contributed by atoms with Gasteiger partial charge in [-0.15, -0.1) is 0 Å². The lowest BCUT2D eigenvalue weighted by Crippen LogP contribution is -2.09. The van der Waals surface area contributed by atoms with Crippen molar-refractivity contribution in [3.8, 4) is 0 Å². The third-order valence-corrected chi connectivity index (χ3v) is 4.30. The summed E-state index contributed by atoms with van der Waals surface area (Å²) in [6, 6.07) is 9.64. The number of ether oxygens (including phenoxy) is 2. The van der Waals surface area contributed by atoms with Crippen molar-refractivity contribution in [1.29, 1.82) is 0 Å². The van der Waals surface area contributed by atoms with Crippen LogP contribution in [0.4, 0.5) is 0 Å². The highest BCUT2D eigenvalue weighted by atomic mass is 32.2. The molecule has 1 rings (SSSR count). The maximum Gasteiger partial charge on any atom is 0.146 e. The van der Waals surface area contributed by atoms with Crippen molar-refractivity contribution in [2.24, 2.45) is 5.92 Å². The Labute approximate surface area is 112 Å². The first kappa shape index (κ1) is 15.3. The summed E-state index contributed by atoms with van der Waals surface area (Å²) in [5.41, 5.74) is 0. The third kappa shape index (κ3) is 6.28. The highest BCUT2D eigenvalue weighted by molar-refractivity contribution is 7.85. The molecule has 0 radical (unpaired) electrons. The summed E-state index contributed by atoms with van der Waals surface area (Å²) < 4.78 is 22.1. The molecule has 0 aromatic heterocycles. The zero-order valence-electron chi connectivity index (χ0n) is 11.1. The van der Waals surface area contributed by atoms with Gasteiger partial charge >= 0.3 is 0 Å². The maximum atomic E-state index is 12.1. The van der Waals surface area contributed by atoms with Crippen molar-refractivity contribution >= 4 is 10.8 Å². The number of hydrogen-bond donors (Lipinski definition) is 0. The van der Waals surface area contributed by atoms with Crippen LogP contribution in [0.1, 0.15) is 19.8 Å². The van der Waals surface area contributed by atoms with Crippen LogP contribution in [-0.4, -0.2) is 30.5 Å². The first-order chi connectivity index (χ1) is 8.74. The van der Waals surface area contributed by atoms with Crippen molar-refractivity contribution in [2.45, 2.75) is 24.7 Å². The van der Waals surface area contributed by atoms with E-state index in [2.05, 4.69) is 6.92 Å². The van der Waals surface area contributed by atoms with Gasteiger partial charge in [0, 0.05) is 24.4 Å². The van der Waals surface area contributed by atoms with Gasteiger partial charge in [-0.25, -0.2) is 0 Å². The molecular formula is C14H22O3S. The lowest BCUT2D eigenvalue weighted by molar-refractivity contribution is -0.0320. The van der Waals surface area contributed by atoms with E-state index in [1.54, 1.807) is 7.11 Å². The lowest BCUT2D eigenvalue weighted by Gasteiger charge is -2.11. The summed E-state index contributed by atoms with van der Waals surface area (Å²) in [6.07, 6.45) is 2.01. The fraction of sp³-hybridized carbons (Fsp3) is 0.571. The van der Waals surface area contributed by atoms with Crippen LogP contribution < -0.4 is 0 Å². The third-order valence-electron chi connectivity index (χ3n) is 2.63. The van der Waals surface area contributed by atoms with E-state index in [1.807, 2.05) is 30.3 Å². The van der Waals surface area contributed by atoms with Gasteiger partial charge in [0.1, 0.15) is 6.79 Å². The minimum absolute atomic E-state index is 0.352. The molecule has 0 aliphatic heterocycles. The normalized spacial score (nSPS) is 14.3. The molecule has 0 bridgehead atoms. The molecule has 3 nitrogen and oxygen atoms in total. The Hall–Kier alpha value is -0.710. The number of benzene rings is 1. The van der Waals surface area contributed by atoms with Crippen molar-refractivity contribution in [1.82, 2.24) is 0 Å². The summed E-state index contributed by atoms with van der Waals surface area (Å²) in [5, 5.41) is 0. The van der Waals surface area contributed by atoms with Crippen molar-refractivity contribution in [3.05, 3.63) is 30.3 Å². The van der Waals surface area contributed by atoms with Gasteiger partial charge in [0.05, 0.1) is 10.8 Å². The molecule has 18 heavy (non-hydrogen) atoms. The molecule has 0 heterocycles. The van der Waals surface area contributed by atoms with Crippen LogP contribution in [0, 0.1) is 5.92 Å². The molecule has 0 spiro atoms. The molecule has 0 fully saturated rings. The Kier molecular flexibility index (Phi) is 7.89. The Bertz CT molecular complexity index is 340. The number of methoxy groups -OCH3 is 1. The molecule has 0 saturated heterocycles. The molecule has 0 aliphatic carbocycles. The van der Waals surface area contributed by atoms with Crippen LogP contribution in [0.5, 0.6) is 0 Å². The first-order valence-electron chi connectivity index (χ1n) is 6.24. The summed E-state index contributed by atoms with van der Waals surface area (Å²) in [6.45, 7) is 3.19. The summed E-state index contributed by atoms with van der Waals surface area (Å²) in [7, 11) is 0.729. The van der Waals surface area contributed by atoms with E-state index in [9.17, 15) is 4.21 Å². The standard InChI is InChI=1S/C14H22O3S/c1-13(7-6-10-17-12-16-2)11-18(15)14-8-4-3-5-9-14/h3-5,8-9,13H,6-7,10-12H2,1-2H3/t13-,18?/m0/s1. The van der Waals surface area contributed by atoms with Crippen LogP contribution in [0.25, 0.3) is 0 Å². The van der Waals surface area contributed by atoms with E-state index in [0.717, 1.165) is 17.7 Å². The molecule has 0 aliphatic rings. The van der Waals surface area contributed by atoms with E-state index < -0.39 is 10.8 Å². The van der Waals surface area contributed by atoms with E-state index in [-0.39, 0.29) is 0 Å². The average molecular weight is 270 g/mol. The number of rotatable bonds is 9. The van der Waals surface area contributed by atoms with Gasteiger partial charge in [-0.3, -0.25) is 4.21 Å². The van der Waals surface area contributed by atoms with Gasteiger partial charge in [0.15, 0.2) is 0 Å². The van der Waals surface area contributed by atoms with Gasteiger partial charge in [-0.05, 0) is 30.9 Å². The second kappa shape index (κ2) is 9.25. The topological polar surface area (TPSA) is 35.5 Å². The SMILES string of the molecule is COCOCCC[C@H](C)CS(=O)c1ccccc1. The molecule has 2 atom stereocenters. The molecule has 0 N–H and O–H groups in total. The Morgan fingerprint density at radius 1 is 1.28 bits per heavy atom. The lowest BCUT2D eigenvalue weighted by atomic mass is 10.1.